The van der Waals surface area contributed by atoms with Gasteiger partial charge in [-0.15, -0.1) is 10.2 Å². The fourth-order valence-corrected chi connectivity index (χ4v) is 5.70. The van der Waals surface area contributed by atoms with Crippen molar-refractivity contribution >= 4 is 28.9 Å². The van der Waals surface area contributed by atoms with Crippen LogP contribution in [-0.2, 0) is 12.0 Å². The van der Waals surface area contributed by atoms with E-state index in [0.29, 0.717) is 22.5 Å². The van der Waals surface area contributed by atoms with E-state index in [4.69, 9.17) is 23.2 Å². The average Bonchev–Trinajstić information content (AvgIpc) is 3.49. The van der Waals surface area contributed by atoms with E-state index in [1.54, 1.807) is 12.4 Å². The van der Waals surface area contributed by atoms with Crippen LogP contribution in [-0.4, -0.2) is 44.6 Å². The van der Waals surface area contributed by atoms with Gasteiger partial charge in [-0.2, -0.15) is 0 Å². The van der Waals surface area contributed by atoms with Gasteiger partial charge in [0.1, 0.15) is 11.6 Å². The van der Waals surface area contributed by atoms with Gasteiger partial charge in [-0.1, -0.05) is 41.4 Å². The van der Waals surface area contributed by atoms with Gasteiger partial charge in [-0.05, 0) is 44.1 Å². The topological polar surface area (TPSA) is 67.1 Å². The molecule has 0 bridgehead atoms. The van der Waals surface area contributed by atoms with Crippen LogP contribution in [0.3, 0.4) is 0 Å². The lowest BCUT2D eigenvalue weighted by atomic mass is 9.90. The number of hydrogen-bond acceptors (Lipinski definition) is 5. The molecule has 2 aliphatic carbocycles. The first-order valence-electron chi connectivity index (χ1n) is 11.1. The molecule has 2 aromatic rings. The quantitative estimate of drug-likeness (QED) is 0.679. The highest BCUT2D eigenvalue weighted by Crippen LogP contribution is 2.54. The van der Waals surface area contributed by atoms with Gasteiger partial charge in [0, 0.05) is 37.9 Å². The number of piperidine rings is 1. The molecule has 31 heavy (non-hydrogen) atoms. The number of hydrogen-bond donors (Lipinski definition) is 1. The van der Waals surface area contributed by atoms with E-state index in [9.17, 15) is 5.11 Å². The predicted molar refractivity (Wildman–Crippen MR) is 123 cm³/mol. The molecule has 8 heteroatoms. The Bertz CT molecular complexity index is 999. The summed E-state index contributed by atoms with van der Waals surface area (Å²) in [6.45, 7) is 2.31. The Labute approximate surface area is 192 Å². The Morgan fingerprint density at radius 2 is 1.81 bits per heavy atom. The van der Waals surface area contributed by atoms with Gasteiger partial charge in [0.05, 0.1) is 27.8 Å². The standard InChI is InChI=1S/C23H27Cl2N5O/c24-18-14-26-15-19(25)20(18)29-10-6-16(7-11-29)21-27-28-22(30(21)12-13-31)23(8-9-23)17-4-2-1-3-5-17/h2,4-5,14-16,31H,1,3,6-13H2. The zero-order valence-electron chi connectivity index (χ0n) is 17.5. The van der Waals surface area contributed by atoms with E-state index in [0.717, 1.165) is 69.0 Å². The summed E-state index contributed by atoms with van der Waals surface area (Å²) < 4.78 is 2.20. The van der Waals surface area contributed by atoms with Crippen LogP contribution in [0, 0.1) is 0 Å². The van der Waals surface area contributed by atoms with Gasteiger partial charge in [0.25, 0.3) is 0 Å². The van der Waals surface area contributed by atoms with Crippen LogP contribution < -0.4 is 4.90 Å². The summed E-state index contributed by atoms with van der Waals surface area (Å²) in [7, 11) is 0. The number of pyridine rings is 1. The lowest BCUT2D eigenvalue weighted by Gasteiger charge is -2.34. The molecule has 0 atom stereocenters. The molecular formula is C23H27Cl2N5O. The van der Waals surface area contributed by atoms with Gasteiger partial charge in [-0.25, -0.2) is 0 Å². The van der Waals surface area contributed by atoms with Crippen LogP contribution in [0.2, 0.25) is 10.0 Å². The number of aliphatic hydroxyl groups excluding tert-OH is 1. The molecule has 164 valence electrons. The van der Waals surface area contributed by atoms with Gasteiger partial charge in [0.2, 0.25) is 0 Å². The molecular weight excluding hydrogens is 433 g/mol. The summed E-state index contributed by atoms with van der Waals surface area (Å²) >= 11 is 12.7. The first kappa shape index (κ1) is 21.0. The summed E-state index contributed by atoms with van der Waals surface area (Å²) in [4.78, 5) is 6.29. The van der Waals surface area contributed by atoms with Crippen LogP contribution in [0.25, 0.3) is 0 Å². The van der Waals surface area contributed by atoms with Crippen molar-refractivity contribution in [3.63, 3.8) is 0 Å². The Morgan fingerprint density at radius 1 is 1.06 bits per heavy atom. The van der Waals surface area contributed by atoms with Crippen LogP contribution >= 0.6 is 23.2 Å². The molecule has 0 unspecified atom stereocenters. The number of allylic oxidation sites excluding steroid dienone is 4. The lowest BCUT2D eigenvalue weighted by molar-refractivity contribution is 0.269. The van der Waals surface area contributed by atoms with E-state index >= 15 is 0 Å². The summed E-state index contributed by atoms with van der Waals surface area (Å²) in [6, 6.07) is 0. The van der Waals surface area contributed by atoms with E-state index in [2.05, 4.69) is 42.9 Å². The van der Waals surface area contributed by atoms with Crippen LogP contribution in [0.15, 0.2) is 36.2 Å². The maximum atomic E-state index is 9.79. The van der Waals surface area contributed by atoms with Crippen molar-refractivity contribution in [1.29, 1.82) is 0 Å². The fraction of sp³-hybridized carbons (Fsp3) is 0.522. The van der Waals surface area contributed by atoms with Crippen LogP contribution in [0.1, 0.15) is 56.1 Å². The third-order valence-electron chi connectivity index (χ3n) is 6.83. The Kier molecular flexibility index (Phi) is 5.80. The minimum atomic E-state index is -0.0177. The van der Waals surface area contributed by atoms with Crippen LogP contribution in [0.4, 0.5) is 5.69 Å². The largest absolute Gasteiger partial charge is 0.395 e. The highest BCUT2D eigenvalue weighted by Gasteiger charge is 2.51. The summed E-state index contributed by atoms with van der Waals surface area (Å²) in [5.41, 5.74) is 2.21. The number of anilines is 1. The van der Waals surface area contributed by atoms with Crippen molar-refractivity contribution in [2.75, 3.05) is 24.6 Å². The van der Waals surface area contributed by atoms with Crippen molar-refractivity contribution in [2.45, 2.75) is 56.4 Å². The van der Waals surface area contributed by atoms with E-state index < -0.39 is 0 Å². The number of aliphatic hydroxyl groups is 1. The van der Waals surface area contributed by atoms with Gasteiger partial charge < -0.3 is 14.6 Å². The first-order valence-corrected chi connectivity index (χ1v) is 11.9. The maximum absolute atomic E-state index is 9.79. The third-order valence-corrected chi connectivity index (χ3v) is 7.39. The number of aromatic nitrogens is 4. The molecule has 0 amide bonds. The fourth-order valence-electron chi connectivity index (χ4n) is 5.09. The van der Waals surface area contributed by atoms with Gasteiger partial charge in [0.15, 0.2) is 0 Å². The van der Waals surface area contributed by atoms with Crippen molar-refractivity contribution in [1.82, 2.24) is 19.7 Å². The van der Waals surface area contributed by atoms with Crippen molar-refractivity contribution in [3.05, 3.63) is 57.9 Å². The van der Waals surface area contributed by atoms with E-state index in [1.165, 1.54) is 5.57 Å². The molecule has 5 rings (SSSR count). The molecule has 0 aromatic carbocycles. The zero-order valence-corrected chi connectivity index (χ0v) is 19.0. The van der Waals surface area contributed by atoms with Crippen molar-refractivity contribution in [3.8, 4) is 0 Å². The molecule has 2 fully saturated rings. The minimum absolute atomic E-state index is 0.0177. The Balaban J connectivity index is 1.38. The SMILES string of the molecule is OCCn1c(C2CCN(c3c(Cl)cncc3Cl)CC2)nnc1C1(C2=CCCC=C2)CC1. The monoisotopic (exact) mass is 459 g/mol. The van der Waals surface area contributed by atoms with E-state index in [-0.39, 0.29) is 12.0 Å². The lowest BCUT2D eigenvalue weighted by Crippen LogP contribution is -2.34. The average molecular weight is 460 g/mol. The Hall–Kier alpha value is -1.89. The first-order chi connectivity index (χ1) is 15.1. The molecule has 3 heterocycles. The second-order valence-corrected chi connectivity index (χ2v) is 9.51. The molecule has 1 aliphatic heterocycles. The van der Waals surface area contributed by atoms with Gasteiger partial charge >= 0.3 is 0 Å². The second-order valence-electron chi connectivity index (χ2n) is 8.69. The number of rotatable bonds is 6. The molecule has 2 aromatic heterocycles. The zero-order chi connectivity index (χ0) is 21.4. The number of halogens is 2. The highest BCUT2D eigenvalue weighted by molar-refractivity contribution is 6.38. The predicted octanol–water partition coefficient (Wildman–Crippen LogP) is 4.66. The smallest absolute Gasteiger partial charge is 0.143 e. The molecule has 1 saturated heterocycles. The summed E-state index contributed by atoms with van der Waals surface area (Å²) in [6.07, 6.45) is 16.4. The molecule has 1 N–H and O–H groups in total. The molecule has 1 saturated carbocycles. The van der Waals surface area contributed by atoms with Crippen LogP contribution in [0.5, 0.6) is 0 Å². The summed E-state index contributed by atoms with van der Waals surface area (Å²) in [5, 5.41) is 20.3. The minimum Gasteiger partial charge on any atom is -0.395 e. The molecule has 3 aliphatic rings. The second kappa shape index (κ2) is 8.57. The normalized spacial score (nSPS) is 20.7. The van der Waals surface area contributed by atoms with E-state index in [1.807, 2.05) is 0 Å². The maximum Gasteiger partial charge on any atom is 0.143 e. The van der Waals surface area contributed by atoms with Crippen molar-refractivity contribution in [2.24, 2.45) is 0 Å². The third kappa shape index (κ3) is 3.79. The number of nitrogens with zero attached hydrogens (tertiary/aromatic N) is 5. The van der Waals surface area contributed by atoms with Crippen molar-refractivity contribution < 1.29 is 5.11 Å². The molecule has 6 nitrogen and oxygen atoms in total. The molecule has 0 spiro atoms. The van der Waals surface area contributed by atoms with Gasteiger partial charge in [-0.3, -0.25) is 4.98 Å². The summed E-state index contributed by atoms with van der Waals surface area (Å²) in [5.74, 6) is 2.33. The molecule has 0 radical (unpaired) electrons. The Morgan fingerprint density at radius 3 is 2.42 bits per heavy atom. The highest BCUT2D eigenvalue weighted by atomic mass is 35.5.